The van der Waals surface area contributed by atoms with Gasteiger partial charge >= 0.3 is 0 Å². The number of benzene rings is 2. The van der Waals surface area contributed by atoms with Gasteiger partial charge in [-0.3, -0.25) is 0 Å². The van der Waals surface area contributed by atoms with E-state index in [9.17, 15) is 4.39 Å². The van der Waals surface area contributed by atoms with Crippen molar-refractivity contribution in [1.29, 1.82) is 0 Å². The molecule has 0 aliphatic heterocycles. The minimum atomic E-state index is -0.364. The molecule has 0 heterocycles. The van der Waals surface area contributed by atoms with Gasteiger partial charge in [-0.25, -0.2) is 4.39 Å². The van der Waals surface area contributed by atoms with Crippen LogP contribution in [0.5, 0.6) is 5.75 Å². The number of halogens is 2. The fourth-order valence-corrected chi connectivity index (χ4v) is 2.55. The summed E-state index contributed by atoms with van der Waals surface area (Å²) in [4.78, 5) is 0. The second kappa shape index (κ2) is 7.05. The normalized spacial score (nSPS) is 12.2. The van der Waals surface area contributed by atoms with Crippen molar-refractivity contribution in [3.05, 3.63) is 63.4 Å². The second-order valence-electron chi connectivity index (χ2n) is 5.02. The molecule has 2 aromatic carbocycles. The highest BCUT2D eigenvalue weighted by molar-refractivity contribution is 9.10. The van der Waals surface area contributed by atoms with E-state index in [4.69, 9.17) is 10.5 Å². The molecule has 1 unspecified atom stereocenters. The average Bonchev–Trinajstić information content (AvgIpc) is 2.48. The molecular weight excluding hydrogens is 333 g/mol. The van der Waals surface area contributed by atoms with Crippen molar-refractivity contribution in [2.45, 2.75) is 26.3 Å². The third-order valence-corrected chi connectivity index (χ3v) is 3.95. The van der Waals surface area contributed by atoms with E-state index >= 15 is 0 Å². The summed E-state index contributed by atoms with van der Waals surface area (Å²) in [6.07, 6.45) is 0.955. The van der Waals surface area contributed by atoms with Gasteiger partial charge in [0.25, 0.3) is 0 Å². The van der Waals surface area contributed by atoms with Gasteiger partial charge in [0.1, 0.15) is 11.6 Å². The van der Waals surface area contributed by atoms with E-state index in [0.29, 0.717) is 12.2 Å². The number of ether oxygens (including phenoxy) is 1. The van der Waals surface area contributed by atoms with Gasteiger partial charge in [0.2, 0.25) is 0 Å². The molecule has 0 aliphatic carbocycles. The third kappa shape index (κ3) is 3.83. The summed E-state index contributed by atoms with van der Waals surface area (Å²) in [5, 5.41) is 0. The van der Waals surface area contributed by atoms with Crippen LogP contribution in [-0.4, -0.2) is 6.61 Å². The smallest absolute Gasteiger partial charge is 0.133 e. The zero-order valence-electron chi connectivity index (χ0n) is 12.2. The van der Waals surface area contributed by atoms with Crippen LogP contribution in [0.15, 0.2) is 40.9 Å². The SMILES string of the molecule is CCCOc1ccc(C(N)c2ccc(C)c(F)c2)cc1Br. The van der Waals surface area contributed by atoms with Gasteiger partial charge in [-0.2, -0.15) is 0 Å². The van der Waals surface area contributed by atoms with E-state index in [2.05, 4.69) is 22.9 Å². The molecule has 0 radical (unpaired) electrons. The zero-order valence-corrected chi connectivity index (χ0v) is 13.8. The van der Waals surface area contributed by atoms with Gasteiger partial charge in [-0.05, 0) is 64.2 Å². The molecule has 1 atom stereocenters. The van der Waals surface area contributed by atoms with E-state index < -0.39 is 0 Å². The molecule has 21 heavy (non-hydrogen) atoms. The van der Waals surface area contributed by atoms with Crippen LogP contribution in [0.2, 0.25) is 0 Å². The van der Waals surface area contributed by atoms with Gasteiger partial charge in [0, 0.05) is 0 Å². The molecule has 2 aromatic rings. The first-order valence-corrected chi connectivity index (χ1v) is 7.76. The first kappa shape index (κ1) is 16.0. The van der Waals surface area contributed by atoms with Crippen LogP contribution in [0.4, 0.5) is 4.39 Å². The van der Waals surface area contributed by atoms with E-state index in [0.717, 1.165) is 27.8 Å². The summed E-state index contributed by atoms with van der Waals surface area (Å²) in [6, 6.07) is 10.5. The molecular formula is C17H19BrFNO. The Bertz CT molecular complexity index is 630. The highest BCUT2D eigenvalue weighted by atomic mass is 79.9. The monoisotopic (exact) mass is 351 g/mol. The predicted molar refractivity (Wildman–Crippen MR) is 87.1 cm³/mol. The minimum absolute atomic E-state index is 0.232. The Balaban J connectivity index is 2.24. The van der Waals surface area contributed by atoms with Crippen LogP contribution in [0.1, 0.15) is 36.1 Å². The molecule has 0 bridgehead atoms. The lowest BCUT2D eigenvalue weighted by Gasteiger charge is -2.15. The summed E-state index contributed by atoms with van der Waals surface area (Å²) in [5.74, 6) is 0.563. The van der Waals surface area contributed by atoms with Gasteiger partial charge in [-0.15, -0.1) is 0 Å². The maximum absolute atomic E-state index is 13.7. The molecule has 4 heteroatoms. The summed E-state index contributed by atoms with van der Waals surface area (Å²) in [7, 11) is 0. The van der Waals surface area contributed by atoms with E-state index in [1.807, 2.05) is 24.3 Å². The second-order valence-corrected chi connectivity index (χ2v) is 5.88. The van der Waals surface area contributed by atoms with Crippen LogP contribution < -0.4 is 10.5 Å². The highest BCUT2D eigenvalue weighted by Gasteiger charge is 2.12. The topological polar surface area (TPSA) is 35.2 Å². The first-order valence-electron chi connectivity index (χ1n) is 6.96. The maximum Gasteiger partial charge on any atom is 0.133 e. The first-order chi connectivity index (χ1) is 10.0. The number of hydrogen-bond donors (Lipinski definition) is 1. The fourth-order valence-electron chi connectivity index (χ4n) is 2.03. The number of hydrogen-bond acceptors (Lipinski definition) is 2. The Morgan fingerprint density at radius 1 is 1.19 bits per heavy atom. The number of nitrogens with two attached hydrogens (primary N) is 1. The van der Waals surface area contributed by atoms with Crippen LogP contribution in [0.25, 0.3) is 0 Å². The Morgan fingerprint density at radius 3 is 2.48 bits per heavy atom. The van der Waals surface area contributed by atoms with Crippen molar-refractivity contribution in [3.8, 4) is 5.75 Å². The largest absolute Gasteiger partial charge is 0.492 e. The molecule has 2 N–H and O–H groups in total. The quantitative estimate of drug-likeness (QED) is 0.844. The lowest BCUT2D eigenvalue weighted by atomic mass is 9.98. The number of rotatable bonds is 5. The van der Waals surface area contributed by atoms with Crippen LogP contribution >= 0.6 is 15.9 Å². The van der Waals surface area contributed by atoms with Crippen LogP contribution in [0, 0.1) is 12.7 Å². The third-order valence-electron chi connectivity index (χ3n) is 3.33. The van der Waals surface area contributed by atoms with Gasteiger partial charge in [0.05, 0.1) is 17.1 Å². The van der Waals surface area contributed by atoms with Crippen molar-refractivity contribution < 1.29 is 9.13 Å². The Hall–Kier alpha value is -1.39. The molecule has 0 saturated carbocycles. The standard InChI is InChI=1S/C17H19BrFNO/c1-3-8-21-16-7-6-12(9-14(16)18)17(20)13-5-4-11(2)15(19)10-13/h4-7,9-10,17H,3,8,20H2,1-2H3. The minimum Gasteiger partial charge on any atom is -0.492 e. The molecule has 2 nitrogen and oxygen atoms in total. The summed E-state index contributed by atoms with van der Waals surface area (Å²) in [5.41, 5.74) is 8.51. The molecule has 0 amide bonds. The Morgan fingerprint density at radius 2 is 1.86 bits per heavy atom. The molecule has 0 spiro atoms. The summed E-state index contributed by atoms with van der Waals surface area (Å²) >= 11 is 3.49. The number of aryl methyl sites for hydroxylation is 1. The molecule has 0 aromatic heterocycles. The van der Waals surface area contributed by atoms with Crippen molar-refractivity contribution in [2.24, 2.45) is 5.73 Å². The maximum atomic E-state index is 13.7. The van der Waals surface area contributed by atoms with Crippen molar-refractivity contribution in [3.63, 3.8) is 0 Å². The molecule has 0 fully saturated rings. The van der Waals surface area contributed by atoms with E-state index in [1.165, 1.54) is 6.07 Å². The predicted octanol–water partition coefficient (Wildman–Crippen LogP) is 4.73. The van der Waals surface area contributed by atoms with Crippen molar-refractivity contribution in [1.82, 2.24) is 0 Å². The molecule has 0 saturated heterocycles. The van der Waals surface area contributed by atoms with Gasteiger partial charge in [0.15, 0.2) is 0 Å². The van der Waals surface area contributed by atoms with Crippen LogP contribution in [0.3, 0.4) is 0 Å². The summed E-state index contributed by atoms with van der Waals surface area (Å²) < 4.78 is 20.1. The molecule has 2 rings (SSSR count). The van der Waals surface area contributed by atoms with Gasteiger partial charge < -0.3 is 10.5 Å². The lowest BCUT2D eigenvalue weighted by molar-refractivity contribution is 0.315. The Labute approximate surface area is 133 Å². The molecule has 112 valence electrons. The summed E-state index contributed by atoms with van der Waals surface area (Å²) in [6.45, 7) is 4.47. The van der Waals surface area contributed by atoms with Crippen molar-refractivity contribution in [2.75, 3.05) is 6.61 Å². The lowest BCUT2D eigenvalue weighted by Crippen LogP contribution is -2.12. The molecule has 0 aliphatic rings. The van der Waals surface area contributed by atoms with Gasteiger partial charge in [-0.1, -0.05) is 25.1 Å². The van der Waals surface area contributed by atoms with Crippen LogP contribution in [-0.2, 0) is 0 Å². The van der Waals surface area contributed by atoms with E-state index in [-0.39, 0.29) is 11.9 Å². The van der Waals surface area contributed by atoms with E-state index in [1.54, 1.807) is 13.0 Å². The van der Waals surface area contributed by atoms with Crippen molar-refractivity contribution >= 4 is 15.9 Å². The highest BCUT2D eigenvalue weighted by Crippen LogP contribution is 2.30. The fraction of sp³-hybridized carbons (Fsp3) is 0.294. The zero-order chi connectivity index (χ0) is 15.4. The Kier molecular flexibility index (Phi) is 5.37. The average molecular weight is 352 g/mol.